The van der Waals surface area contributed by atoms with Crippen molar-refractivity contribution in [1.29, 1.82) is 0 Å². The summed E-state index contributed by atoms with van der Waals surface area (Å²) in [4.78, 5) is 25.2. The lowest BCUT2D eigenvalue weighted by Gasteiger charge is -2.18. The second kappa shape index (κ2) is 5.30. The van der Waals surface area contributed by atoms with Crippen LogP contribution in [0, 0.1) is 13.8 Å². The second-order valence-corrected chi connectivity index (χ2v) is 4.82. The maximum Gasteiger partial charge on any atom is 0.315 e. The van der Waals surface area contributed by atoms with Gasteiger partial charge >= 0.3 is 6.03 Å². The van der Waals surface area contributed by atoms with Crippen LogP contribution in [0.15, 0.2) is 18.2 Å². The van der Waals surface area contributed by atoms with Gasteiger partial charge in [0.2, 0.25) is 5.91 Å². The number of anilines is 1. The topological polar surface area (TPSA) is 61.4 Å². The highest BCUT2D eigenvalue weighted by Gasteiger charge is 2.33. The first-order chi connectivity index (χ1) is 9.02. The normalized spacial score (nSPS) is 18.6. The minimum atomic E-state index is -0.429. The molecule has 1 heterocycles. The predicted octanol–water partition coefficient (Wildman–Crippen LogP) is 1.34. The standard InChI is InChI=1S/C14H19N3O2/c1-9-4-5-11(8-10(9)2)17-7-6-12(13(17)18)16-14(19)15-3/h4-5,8,12H,6-7H2,1-3H3,(H2,15,16,19)/t12-/m1/s1. The summed E-state index contributed by atoms with van der Waals surface area (Å²) in [6, 6.07) is 5.22. The molecule has 0 bridgehead atoms. The number of carbonyl (C=O) groups excluding carboxylic acids is 2. The van der Waals surface area contributed by atoms with Crippen molar-refractivity contribution in [1.82, 2.24) is 10.6 Å². The third-order valence-corrected chi connectivity index (χ3v) is 3.54. The van der Waals surface area contributed by atoms with Gasteiger partial charge in [-0.1, -0.05) is 6.07 Å². The molecular formula is C14H19N3O2. The summed E-state index contributed by atoms with van der Waals surface area (Å²) >= 11 is 0. The summed E-state index contributed by atoms with van der Waals surface area (Å²) in [7, 11) is 1.54. The lowest BCUT2D eigenvalue weighted by Crippen LogP contribution is -2.45. The Kier molecular flexibility index (Phi) is 3.74. The molecular weight excluding hydrogens is 242 g/mol. The first-order valence-electron chi connectivity index (χ1n) is 6.40. The van der Waals surface area contributed by atoms with Gasteiger partial charge in [-0.05, 0) is 43.5 Å². The lowest BCUT2D eigenvalue weighted by atomic mass is 10.1. The smallest absolute Gasteiger partial charge is 0.315 e. The van der Waals surface area contributed by atoms with Crippen LogP contribution in [0.3, 0.4) is 0 Å². The molecule has 0 saturated carbocycles. The van der Waals surface area contributed by atoms with Gasteiger partial charge in [0.1, 0.15) is 6.04 Å². The van der Waals surface area contributed by atoms with E-state index in [-0.39, 0.29) is 11.9 Å². The van der Waals surface area contributed by atoms with Crippen LogP contribution in [0.25, 0.3) is 0 Å². The van der Waals surface area contributed by atoms with Crippen LogP contribution in [0.4, 0.5) is 10.5 Å². The number of hydrogen-bond donors (Lipinski definition) is 2. The molecule has 0 radical (unpaired) electrons. The van der Waals surface area contributed by atoms with Gasteiger partial charge in [0, 0.05) is 19.3 Å². The van der Waals surface area contributed by atoms with Crippen molar-refractivity contribution in [2.75, 3.05) is 18.5 Å². The number of benzene rings is 1. The van der Waals surface area contributed by atoms with E-state index in [1.807, 2.05) is 32.0 Å². The van der Waals surface area contributed by atoms with Gasteiger partial charge < -0.3 is 15.5 Å². The summed E-state index contributed by atoms with van der Waals surface area (Å²) in [6.45, 7) is 4.70. The quantitative estimate of drug-likeness (QED) is 0.844. The summed E-state index contributed by atoms with van der Waals surface area (Å²) < 4.78 is 0. The molecule has 0 aliphatic carbocycles. The van der Waals surface area contributed by atoms with Crippen LogP contribution >= 0.6 is 0 Å². The Hall–Kier alpha value is -2.04. The fraction of sp³-hybridized carbons (Fsp3) is 0.429. The summed E-state index contributed by atoms with van der Waals surface area (Å²) in [5, 5.41) is 5.13. The molecule has 1 fully saturated rings. The molecule has 0 aromatic heterocycles. The van der Waals surface area contributed by atoms with Crippen molar-refractivity contribution in [2.45, 2.75) is 26.3 Å². The molecule has 5 nitrogen and oxygen atoms in total. The average molecular weight is 261 g/mol. The molecule has 1 aromatic rings. The molecule has 2 rings (SSSR count). The fourth-order valence-electron chi connectivity index (χ4n) is 2.19. The van der Waals surface area contributed by atoms with Crippen molar-refractivity contribution in [2.24, 2.45) is 0 Å². The Morgan fingerprint density at radius 3 is 2.68 bits per heavy atom. The molecule has 3 amide bonds. The molecule has 1 atom stereocenters. The maximum atomic E-state index is 12.2. The molecule has 19 heavy (non-hydrogen) atoms. The molecule has 1 aromatic carbocycles. The Labute approximate surface area is 113 Å². The maximum absolute atomic E-state index is 12.2. The van der Waals surface area contributed by atoms with Gasteiger partial charge in [-0.3, -0.25) is 4.79 Å². The minimum Gasteiger partial charge on any atom is -0.341 e. The summed E-state index contributed by atoms with van der Waals surface area (Å²) in [5.41, 5.74) is 3.26. The Balaban J connectivity index is 2.13. The third-order valence-electron chi connectivity index (χ3n) is 3.54. The molecule has 0 unspecified atom stereocenters. The number of amides is 3. The van der Waals surface area contributed by atoms with Gasteiger partial charge in [-0.15, -0.1) is 0 Å². The first kappa shape index (κ1) is 13.4. The van der Waals surface area contributed by atoms with E-state index in [4.69, 9.17) is 0 Å². The van der Waals surface area contributed by atoms with Crippen LogP contribution in [-0.4, -0.2) is 31.6 Å². The third kappa shape index (κ3) is 2.70. The van der Waals surface area contributed by atoms with Gasteiger partial charge in [0.15, 0.2) is 0 Å². The molecule has 1 saturated heterocycles. The van der Waals surface area contributed by atoms with Gasteiger partial charge in [0.05, 0.1) is 0 Å². The number of nitrogens with zero attached hydrogens (tertiary/aromatic N) is 1. The van der Waals surface area contributed by atoms with Crippen LogP contribution in [-0.2, 0) is 4.79 Å². The Morgan fingerprint density at radius 1 is 1.32 bits per heavy atom. The first-order valence-corrected chi connectivity index (χ1v) is 6.40. The van der Waals surface area contributed by atoms with E-state index in [0.717, 1.165) is 11.3 Å². The van der Waals surface area contributed by atoms with E-state index in [1.54, 1.807) is 4.90 Å². The molecule has 1 aliphatic heterocycles. The van der Waals surface area contributed by atoms with E-state index in [1.165, 1.54) is 12.6 Å². The van der Waals surface area contributed by atoms with Crippen molar-refractivity contribution in [3.8, 4) is 0 Å². The summed E-state index contributed by atoms with van der Waals surface area (Å²) in [5.74, 6) is -0.0492. The van der Waals surface area contributed by atoms with E-state index >= 15 is 0 Å². The highest BCUT2D eigenvalue weighted by atomic mass is 16.2. The fourth-order valence-corrected chi connectivity index (χ4v) is 2.19. The number of nitrogens with one attached hydrogen (secondary N) is 2. The van der Waals surface area contributed by atoms with Gasteiger partial charge in [-0.2, -0.15) is 0 Å². The average Bonchev–Trinajstić information content (AvgIpc) is 2.74. The zero-order chi connectivity index (χ0) is 14.0. The lowest BCUT2D eigenvalue weighted by molar-refractivity contribution is -0.118. The molecule has 102 valence electrons. The predicted molar refractivity (Wildman–Crippen MR) is 74.3 cm³/mol. The molecule has 1 aliphatic rings. The zero-order valence-corrected chi connectivity index (χ0v) is 11.5. The summed E-state index contributed by atoms with van der Waals surface area (Å²) in [6.07, 6.45) is 0.638. The number of urea groups is 1. The van der Waals surface area contributed by atoms with Gasteiger partial charge in [0.25, 0.3) is 0 Å². The molecule has 5 heteroatoms. The number of rotatable bonds is 2. The zero-order valence-electron chi connectivity index (χ0n) is 11.5. The Morgan fingerprint density at radius 2 is 2.05 bits per heavy atom. The monoisotopic (exact) mass is 261 g/mol. The molecule has 0 spiro atoms. The van der Waals surface area contributed by atoms with E-state index in [0.29, 0.717) is 13.0 Å². The van der Waals surface area contributed by atoms with Crippen molar-refractivity contribution in [3.63, 3.8) is 0 Å². The number of carbonyl (C=O) groups is 2. The van der Waals surface area contributed by atoms with Crippen LogP contribution in [0.2, 0.25) is 0 Å². The van der Waals surface area contributed by atoms with E-state index in [9.17, 15) is 9.59 Å². The van der Waals surface area contributed by atoms with Crippen molar-refractivity contribution < 1.29 is 9.59 Å². The Bertz CT molecular complexity index is 513. The van der Waals surface area contributed by atoms with Crippen LogP contribution in [0.1, 0.15) is 17.5 Å². The number of hydrogen-bond acceptors (Lipinski definition) is 2. The van der Waals surface area contributed by atoms with Crippen molar-refractivity contribution >= 4 is 17.6 Å². The van der Waals surface area contributed by atoms with E-state index < -0.39 is 6.04 Å². The second-order valence-electron chi connectivity index (χ2n) is 4.82. The minimum absolute atomic E-state index is 0.0492. The van der Waals surface area contributed by atoms with Crippen LogP contribution < -0.4 is 15.5 Å². The molecule has 2 N–H and O–H groups in total. The van der Waals surface area contributed by atoms with E-state index in [2.05, 4.69) is 10.6 Å². The largest absolute Gasteiger partial charge is 0.341 e. The highest BCUT2D eigenvalue weighted by molar-refractivity contribution is 6.01. The number of aryl methyl sites for hydroxylation is 2. The van der Waals surface area contributed by atoms with Crippen molar-refractivity contribution in [3.05, 3.63) is 29.3 Å². The highest BCUT2D eigenvalue weighted by Crippen LogP contribution is 2.23. The van der Waals surface area contributed by atoms with Gasteiger partial charge in [-0.25, -0.2) is 4.79 Å². The van der Waals surface area contributed by atoms with Crippen LogP contribution in [0.5, 0.6) is 0 Å². The SMILES string of the molecule is CNC(=O)N[C@@H]1CCN(c2ccc(C)c(C)c2)C1=O.